The van der Waals surface area contributed by atoms with Gasteiger partial charge in [-0.2, -0.15) is 0 Å². The summed E-state index contributed by atoms with van der Waals surface area (Å²) in [6.45, 7) is 5.43. The van der Waals surface area contributed by atoms with Gasteiger partial charge in [0.2, 0.25) is 0 Å². The maximum absolute atomic E-state index is 4.42. The van der Waals surface area contributed by atoms with Crippen molar-refractivity contribution in [1.82, 2.24) is 15.2 Å². The molecule has 0 radical (unpaired) electrons. The minimum atomic E-state index is 0.712. The Bertz CT molecular complexity index is 293. The average molecular weight is 211 g/mol. The maximum atomic E-state index is 4.42. The summed E-state index contributed by atoms with van der Waals surface area (Å²) in [5.74, 6) is 0. The second-order valence-electron chi connectivity index (χ2n) is 3.80. The van der Waals surface area contributed by atoms with Gasteiger partial charge < -0.3 is 5.32 Å². The molecule has 14 heavy (non-hydrogen) atoms. The van der Waals surface area contributed by atoms with E-state index in [9.17, 15) is 0 Å². The average Bonchev–Trinajstić information content (AvgIpc) is 2.48. The summed E-state index contributed by atoms with van der Waals surface area (Å²) in [7, 11) is 2.18. The normalized spacial score (nSPS) is 17.4. The van der Waals surface area contributed by atoms with Crippen molar-refractivity contribution in [3.8, 4) is 0 Å². The summed E-state index contributed by atoms with van der Waals surface area (Å²) in [5, 5.41) is 4.53. The van der Waals surface area contributed by atoms with Gasteiger partial charge in [-0.15, -0.1) is 11.3 Å². The van der Waals surface area contributed by atoms with Crippen molar-refractivity contribution in [2.75, 3.05) is 20.1 Å². The Labute approximate surface area is 89.1 Å². The van der Waals surface area contributed by atoms with E-state index in [1.54, 1.807) is 0 Å². The van der Waals surface area contributed by atoms with Crippen LogP contribution in [0, 0.1) is 0 Å². The fourth-order valence-electron chi connectivity index (χ4n) is 1.51. The van der Waals surface area contributed by atoms with Crippen molar-refractivity contribution >= 4 is 11.3 Å². The van der Waals surface area contributed by atoms with E-state index in [0.29, 0.717) is 6.04 Å². The van der Waals surface area contributed by atoms with E-state index in [1.165, 1.54) is 9.88 Å². The van der Waals surface area contributed by atoms with Crippen LogP contribution in [0.25, 0.3) is 0 Å². The van der Waals surface area contributed by atoms with Crippen LogP contribution in [0.5, 0.6) is 0 Å². The summed E-state index contributed by atoms with van der Waals surface area (Å²) in [4.78, 5) is 8.20. The van der Waals surface area contributed by atoms with Crippen LogP contribution in [-0.2, 0) is 13.0 Å². The van der Waals surface area contributed by atoms with Crippen LogP contribution in [0.2, 0.25) is 0 Å². The number of hydrogen-bond donors (Lipinski definition) is 1. The Morgan fingerprint density at radius 2 is 2.43 bits per heavy atom. The SMILES string of the molecule is CCc1cnc(CN(C)C2CNC2)s1. The number of aryl methyl sites for hydroxylation is 1. The van der Waals surface area contributed by atoms with Gasteiger partial charge in [-0.3, -0.25) is 4.90 Å². The highest BCUT2D eigenvalue weighted by Crippen LogP contribution is 2.16. The van der Waals surface area contributed by atoms with Crippen molar-refractivity contribution in [2.45, 2.75) is 25.9 Å². The topological polar surface area (TPSA) is 28.2 Å². The molecule has 0 spiro atoms. The number of rotatable bonds is 4. The molecule has 0 atom stereocenters. The minimum Gasteiger partial charge on any atom is -0.314 e. The van der Waals surface area contributed by atoms with Gasteiger partial charge in [0.25, 0.3) is 0 Å². The van der Waals surface area contributed by atoms with Gasteiger partial charge in [-0.25, -0.2) is 4.98 Å². The van der Waals surface area contributed by atoms with Crippen molar-refractivity contribution in [3.05, 3.63) is 16.1 Å². The molecule has 1 saturated heterocycles. The van der Waals surface area contributed by atoms with Gasteiger partial charge >= 0.3 is 0 Å². The number of likely N-dealkylation sites (N-methyl/N-ethyl adjacent to an activating group) is 1. The van der Waals surface area contributed by atoms with Gasteiger partial charge in [-0.1, -0.05) is 6.92 Å². The first-order chi connectivity index (χ1) is 6.79. The Morgan fingerprint density at radius 3 is 2.93 bits per heavy atom. The lowest BCUT2D eigenvalue weighted by Crippen LogP contribution is -2.55. The number of hydrogen-bond acceptors (Lipinski definition) is 4. The number of nitrogens with zero attached hydrogens (tertiary/aromatic N) is 2. The molecule has 2 rings (SSSR count). The zero-order valence-electron chi connectivity index (χ0n) is 8.79. The standard InChI is InChI=1S/C10H17N3S/c1-3-9-6-12-10(14-9)7-13(2)8-4-11-5-8/h6,8,11H,3-5,7H2,1-2H3. The molecular formula is C10H17N3S. The lowest BCUT2D eigenvalue weighted by atomic mass is 10.1. The third-order valence-corrected chi connectivity index (χ3v) is 3.84. The molecule has 1 aliphatic rings. The zero-order chi connectivity index (χ0) is 9.97. The quantitative estimate of drug-likeness (QED) is 0.808. The number of aromatic nitrogens is 1. The van der Waals surface area contributed by atoms with E-state index in [1.807, 2.05) is 17.5 Å². The van der Waals surface area contributed by atoms with Crippen LogP contribution in [-0.4, -0.2) is 36.1 Å². The van der Waals surface area contributed by atoms with Crippen LogP contribution in [0.1, 0.15) is 16.8 Å². The minimum absolute atomic E-state index is 0.712. The Kier molecular flexibility index (Phi) is 3.15. The van der Waals surface area contributed by atoms with Crippen molar-refractivity contribution < 1.29 is 0 Å². The smallest absolute Gasteiger partial charge is 0.107 e. The van der Waals surface area contributed by atoms with Crippen LogP contribution < -0.4 is 5.32 Å². The third kappa shape index (κ3) is 2.13. The molecule has 3 nitrogen and oxygen atoms in total. The van der Waals surface area contributed by atoms with Crippen molar-refractivity contribution in [1.29, 1.82) is 0 Å². The Balaban J connectivity index is 1.89. The highest BCUT2D eigenvalue weighted by molar-refractivity contribution is 7.11. The molecule has 0 aliphatic carbocycles. The van der Waals surface area contributed by atoms with Gasteiger partial charge in [0, 0.05) is 30.2 Å². The number of thiazole rings is 1. The predicted molar refractivity (Wildman–Crippen MR) is 59.6 cm³/mol. The molecule has 1 aliphatic heterocycles. The molecule has 0 saturated carbocycles. The van der Waals surface area contributed by atoms with E-state index in [4.69, 9.17) is 0 Å². The molecule has 1 fully saturated rings. The highest BCUT2D eigenvalue weighted by atomic mass is 32.1. The first-order valence-corrected chi connectivity index (χ1v) is 5.95. The summed E-state index contributed by atoms with van der Waals surface area (Å²) in [6, 6.07) is 0.712. The molecule has 0 aromatic carbocycles. The molecular weight excluding hydrogens is 194 g/mol. The molecule has 0 unspecified atom stereocenters. The maximum Gasteiger partial charge on any atom is 0.107 e. The van der Waals surface area contributed by atoms with Gasteiger partial charge in [-0.05, 0) is 13.5 Å². The second-order valence-corrected chi connectivity index (χ2v) is 5.00. The predicted octanol–water partition coefficient (Wildman–Crippen LogP) is 1.11. The van der Waals surface area contributed by atoms with Crippen LogP contribution in [0.3, 0.4) is 0 Å². The largest absolute Gasteiger partial charge is 0.314 e. The van der Waals surface area contributed by atoms with E-state index < -0.39 is 0 Å². The molecule has 4 heteroatoms. The van der Waals surface area contributed by atoms with E-state index in [0.717, 1.165) is 26.1 Å². The molecule has 1 N–H and O–H groups in total. The first-order valence-electron chi connectivity index (χ1n) is 5.14. The molecule has 0 amide bonds. The molecule has 1 aromatic rings. The van der Waals surface area contributed by atoms with Crippen molar-refractivity contribution in [3.63, 3.8) is 0 Å². The van der Waals surface area contributed by atoms with Crippen molar-refractivity contribution in [2.24, 2.45) is 0 Å². The van der Waals surface area contributed by atoms with E-state index >= 15 is 0 Å². The highest BCUT2D eigenvalue weighted by Gasteiger charge is 2.21. The van der Waals surface area contributed by atoms with Crippen LogP contribution >= 0.6 is 11.3 Å². The van der Waals surface area contributed by atoms with Gasteiger partial charge in [0.1, 0.15) is 5.01 Å². The van der Waals surface area contributed by atoms with Crippen LogP contribution in [0.4, 0.5) is 0 Å². The first kappa shape index (κ1) is 10.1. The second kappa shape index (κ2) is 4.38. The van der Waals surface area contributed by atoms with Gasteiger partial charge in [0.05, 0.1) is 6.54 Å². The van der Waals surface area contributed by atoms with Gasteiger partial charge in [0.15, 0.2) is 0 Å². The molecule has 1 aromatic heterocycles. The van der Waals surface area contributed by atoms with E-state index in [-0.39, 0.29) is 0 Å². The monoisotopic (exact) mass is 211 g/mol. The zero-order valence-corrected chi connectivity index (χ0v) is 9.60. The van der Waals surface area contributed by atoms with E-state index in [2.05, 4.69) is 29.2 Å². The fourth-order valence-corrected chi connectivity index (χ4v) is 2.44. The molecule has 78 valence electrons. The Hall–Kier alpha value is -0.450. The summed E-state index contributed by atoms with van der Waals surface area (Å²) < 4.78 is 0. The number of nitrogens with one attached hydrogen (secondary N) is 1. The Morgan fingerprint density at radius 1 is 1.64 bits per heavy atom. The van der Waals surface area contributed by atoms with Crippen LogP contribution in [0.15, 0.2) is 6.20 Å². The fraction of sp³-hybridized carbons (Fsp3) is 0.700. The summed E-state index contributed by atoms with van der Waals surface area (Å²) >= 11 is 1.84. The third-order valence-electron chi connectivity index (χ3n) is 2.72. The molecule has 0 bridgehead atoms. The lowest BCUT2D eigenvalue weighted by Gasteiger charge is -2.35. The molecule has 2 heterocycles. The lowest BCUT2D eigenvalue weighted by molar-refractivity contribution is 0.173. The summed E-state index contributed by atoms with van der Waals surface area (Å²) in [5.41, 5.74) is 0. The summed E-state index contributed by atoms with van der Waals surface area (Å²) in [6.07, 6.45) is 3.11.